The van der Waals surface area contributed by atoms with Crippen LogP contribution in [0.1, 0.15) is 27.4 Å². The highest BCUT2D eigenvalue weighted by atomic mass is 35.5. The van der Waals surface area contributed by atoms with E-state index in [1.807, 2.05) is 85.8 Å². The standard InChI is InChI=1S/C26H19ClN2O2/c1-16-6-12-22(21-5-3-2-4-20(16)21)26(30)28-19-11-13-24-23(15-19)29-25(31-24)14-17-7-9-18(27)10-8-17/h2-13,15H,14H2,1H3,(H,28,30). The molecule has 0 saturated heterocycles. The Balaban J connectivity index is 1.40. The molecule has 0 saturated carbocycles. The number of aryl methyl sites for hydroxylation is 1. The second-order valence-corrected chi connectivity index (χ2v) is 7.96. The highest BCUT2D eigenvalue weighted by molar-refractivity contribution is 6.30. The van der Waals surface area contributed by atoms with E-state index < -0.39 is 0 Å². The Kier molecular flexibility index (Phi) is 4.92. The van der Waals surface area contributed by atoms with E-state index in [1.165, 1.54) is 0 Å². The van der Waals surface area contributed by atoms with E-state index in [0.29, 0.717) is 39.7 Å². The molecule has 1 aromatic heterocycles. The number of oxazole rings is 1. The minimum absolute atomic E-state index is 0.152. The lowest BCUT2D eigenvalue weighted by atomic mass is 10.00. The molecule has 1 amide bonds. The molecule has 0 fully saturated rings. The van der Waals surface area contributed by atoms with Crippen molar-refractivity contribution in [2.75, 3.05) is 5.32 Å². The van der Waals surface area contributed by atoms with E-state index in [1.54, 1.807) is 0 Å². The monoisotopic (exact) mass is 426 g/mol. The Morgan fingerprint density at radius 2 is 1.74 bits per heavy atom. The van der Waals surface area contributed by atoms with Gasteiger partial charge < -0.3 is 9.73 Å². The van der Waals surface area contributed by atoms with Crippen molar-refractivity contribution < 1.29 is 9.21 Å². The Labute approximate surface area is 184 Å². The van der Waals surface area contributed by atoms with Crippen LogP contribution >= 0.6 is 11.6 Å². The summed E-state index contributed by atoms with van der Waals surface area (Å²) in [4.78, 5) is 17.6. The summed E-state index contributed by atoms with van der Waals surface area (Å²) in [6.07, 6.45) is 0.572. The lowest BCUT2D eigenvalue weighted by molar-refractivity contribution is 0.102. The Morgan fingerprint density at radius 1 is 0.968 bits per heavy atom. The van der Waals surface area contributed by atoms with Crippen LogP contribution in [-0.2, 0) is 6.42 Å². The van der Waals surface area contributed by atoms with E-state index in [-0.39, 0.29) is 5.91 Å². The number of rotatable bonds is 4. The lowest BCUT2D eigenvalue weighted by Gasteiger charge is -2.10. The molecule has 0 aliphatic rings. The molecule has 0 aliphatic heterocycles. The average molecular weight is 427 g/mol. The van der Waals surface area contributed by atoms with Crippen LogP contribution in [0.3, 0.4) is 0 Å². The number of carbonyl (C=O) groups is 1. The van der Waals surface area contributed by atoms with Gasteiger partial charge in [-0.2, -0.15) is 0 Å². The van der Waals surface area contributed by atoms with E-state index in [9.17, 15) is 4.79 Å². The molecule has 0 spiro atoms. The van der Waals surface area contributed by atoms with Gasteiger partial charge in [0.05, 0.1) is 0 Å². The first-order valence-electron chi connectivity index (χ1n) is 10.0. The summed E-state index contributed by atoms with van der Waals surface area (Å²) in [5, 5.41) is 5.70. The fraction of sp³-hybridized carbons (Fsp3) is 0.0769. The van der Waals surface area contributed by atoms with Crippen LogP contribution in [0.25, 0.3) is 21.9 Å². The van der Waals surface area contributed by atoms with Gasteiger partial charge in [-0.05, 0) is 65.2 Å². The number of hydrogen-bond acceptors (Lipinski definition) is 3. The number of hydrogen-bond donors (Lipinski definition) is 1. The van der Waals surface area contributed by atoms with Gasteiger partial charge >= 0.3 is 0 Å². The summed E-state index contributed by atoms with van der Waals surface area (Å²) in [5.74, 6) is 0.464. The van der Waals surface area contributed by atoms with Gasteiger partial charge in [0.25, 0.3) is 5.91 Å². The van der Waals surface area contributed by atoms with Gasteiger partial charge in [-0.15, -0.1) is 0 Å². The quantitative estimate of drug-likeness (QED) is 0.344. The molecule has 5 heteroatoms. The zero-order chi connectivity index (χ0) is 21.4. The molecule has 1 N–H and O–H groups in total. The molecule has 0 radical (unpaired) electrons. The van der Waals surface area contributed by atoms with Crippen molar-refractivity contribution in [2.24, 2.45) is 0 Å². The normalized spacial score (nSPS) is 11.2. The third-order valence-electron chi connectivity index (χ3n) is 5.35. The van der Waals surface area contributed by atoms with E-state index in [0.717, 1.165) is 21.9 Å². The molecule has 5 rings (SSSR count). The maximum absolute atomic E-state index is 13.0. The van der Waals surface area contributed by atoms with Gasteiger partial charge in [0.15, 0.2) is 11.5 Å². The second-order valence-electron chi connectivity index (χ2n) is 7.52. The van der Waals surface area contributed by atoms with Crippen molar-refractivity contribution in [3.8, 4) is 0 Å². The molecule has 0 bridgehead atoms. The number of nitrogens with one attached hydrogen (secondary N) is 1. The molecule has 0 aliphatic carbocycles. The van der Waals surface area contributed by atoms with Crippen LogP contribution in [0.4, 0.5) is 5.69 Å². The predicted molar refractivity (Wildman–Crippen MR) is 125 cm³/mol. The smallest absolute Gasteiger partial charge is 0.256 e. The zero-order valence-electron chi connectivity index (χ0n) is 16.9. The minimum Gasteiger partial charge on any atom is -0.440 e. The number of halogens is 1. The number of aromatic nitrogens is 1. The summed E-state index contributed by atoms with van der Waals surface area (Å²) in [6, 6.07) is 24.9. The molecule has 31 heavy (non-hydrogen) atoms. The maximum atomic E-state index is 13.0. The summed E-state index contributed by atoms with van der Waals surface area (Å²) < 4.78 is 5.86. The first kappa shape index (κ1) is 19.3. The highest BCUT2D eigenvalue weighted by Gasteiger charge is 2.13. The van der Waals surface area contributed by atoms with Crippen LogP contribution in [0.15, 0.2) is 83.3 Å². The van der Waals surface area contributed by atoms with Crippen molar-refractivity contribution in [1.82, 2.24) is 4.98 Å². The average Bonchev–Trinajstić information content (AvgIpc) is 3.17. The van der Waals surface area contributed by atoms with Crippen molar-refractivity contribution in [3.63, 3.8) is 0 Å². The summed E-state index contributed by atoms with van der Waals surface area (Å²) >= 11 is 5.95. The number of amides is 1. The van der Waals surface area contributed by atoms with Crippen LogP contribution in [0, 0.1) is 6.92 Å². The second kappa shape index (κ2) is 7.89. The van der Waals surface area contributed by atoms with Crippen LogP contribution in [0.2, 0.25) is 5.02 Å². The molecule has 5 aromatic rings. The van der Waals surface area contributed by atoms with Crippen molar-refractivity contribution >= 4 is 45.1 Å². The van der Waals surface area contributed by atoms with Gasteiger partial charge in [-0.1, -0.05) is 54.1 Å². The van der Waals surface area contributed by atoms with Gasteiger partial charge in [0.1, 0.15) is 5.52 Å². The van der Waals surface area contributed by atoms with Gasteiger partial charge in [0.2, 0.25) is 0 Å². The van der Waals surface area contributed by atoms with Crippen molar-refractivity contribution in [3.05, 3.63) is 106 Å². The molecule has 1 heterocycles. The van der Waals surface area contributed by atoms with Gasteiger partial charge in [-0.25, -0.2) is 4.98 Å². The highest BCUT2D eigenvalue weighted by Crippen LogP contribution is 2.25. The minimum atomic E-state index is -0.152. The lowest BCUT2D eigenvalue weighted by Crippen LogP contribution is -2.12. The third-order valence-corrected chi connectivity index (χ3v) is 5.60. The molecule has 152 valence electrons. The van der Waals surface area contributed by atoms with E-state index in [4.69, 9.17) is 16.0 Å². The number of fused-ring (bicyclic) bond motifs is 2. The molecular weight excluding hydrogens is 408 g/mol. The maximum Gasteiger partial charge on any atom is 0.256 e. The van der Waals surface area contributed by atoms with Crippen LogP contribution < -0.4 is 5.32 Å². The third kappa shape index (κ3) is 3.90. The SMILES string of the molecule is Cc1ccc(C(=O)Nc2ccc3oc(Cc4ccc(Cl)cc4)nc3c2)c2ccccc12. The van der Waals surface area contributed by atoms with Crippen LogP contribution in [0.5, 0.6) is 0 Å². The number of anilines is 1. The van der Waals surface area contributed by atoms with Crippen molar-refractivity contribution in [1.29, 1.82) is 0 Å². The van der Waals surface area contributed by atoms with Crippen molar-refractivity contribution in [2.45, 2.75) is 13.3 Å². The van der Waals surface area contributed by atoms with Gasteiger partial charge in [0, 0.05) is 22.7 Å². The number of nitrogens with zero attached hydrogens (tertiary/aromatic N) is 1. The van der Waals surface area contributed by atoms with E-state index in [2.05, 4.69) is 10.3 Å². The Morgan fingerprint density at radius 3 is 2.55 bits per heavy atom. The Bertz CT molecular complexity index is 1420. The van der Waals surface area contributed by atoms with E-state index >= 15 is 0 Å². The first-order valence-corrected chi connectivity index (χ1v) is 10.4. The zero-order valence-corrected chi connectivity index (χ0v) is 17.6. The number of carbonyl (C=O) groups excluding carboxylic acids is 1. The van der Waals surface area contributed by atoms with Crippen LogP contribution in [-0.4, -0.2) is 10.9 Å². The largest absolute Gasteiger partial charge is 0.440 e. The predicted octanol–water partition coefficient (Wildman–Crippen LogP) is 6.79. The Hall–Kier alpha value is -3.63. The summed E-state index contributed by atoms with van der Waals surface area (Å²) in [7, 11) is 0. The molecule has 0 unspecified atom stereocenters. The fourth-order valence-electron chi connectivity index (χ4n) is 3.75. The number of benzene rings is 4. The molecular formula is C26H19ClN2O2. The fourth-order valence-corrected chi connectivity index (χ4v) is 3.88. The molecule has 4 aromatic carbocycles. The van der Waals surface area contributed by atoms with Gasteiger partial charge in [-0.3, -0.25) is 4.79 Å². The summed E-state index contributed by atoms with van der Waals surface area (Å²) in [5.41, 5.74) is 4.91. The topological polar surface area (TPSA) is 55.1 Å². The summed E-state index contributed by atoms with van der Waals surface area (Å²) in [6.45, 7) is 2.05. The molecule has 0 atom stereocenters. The first-order chi connectivity index (χ1) is 15.1. The molecule has 4 nitrogen and oxygen atoms in total.